The van der Waals surface area contributed by atoms with Crippen molar-refractivity contribution < 1.29 is 14.3 Å². The van der Waals surface area contributed by atoms with Crippen LogP contribution in [0.2, 0.25) is 0 Å². The Morgan fingerprint density at radius 3 is 2.78 bits per heavy atom. The van der Waals surface area contributed by atoms with Crippen LogP contribution in [0.25, 0.3) is 10.9 Å². The number of aromatic amines is 1. The summed E-state index contributed by atoms with van der Waals surface area (Å²) >= 11 is 0. The number of likely N-dealkylation sites (tertiary alicyclic amines) is 1. The summed E-state index contributed by atoms with van der Waals surface area (Å²) in [6.07, 6.45) is 2.01. The molecule has 3 rings (SSSR count). The van der Waals surface area contributed by atoms with Crippen molar-refractivity contribution in [1.82, 2.24) is 9.88 Å². The summed E-state index contributed by atoms with van der Waals surface area (Å²) in [5.41, 5.74) is 1.67. The first-order valence-electron chi connectivity index (χ1n) is 8.34. The molecule has 1 aliphatic rings. The maximum absolute atomic E-state index is 12.6. The Balaban J connectivity index is 1.52. The highest BCUT2D eigenvalue weighted by atomic mass is 16.5. The van der Waals surface area contributed by atoms with E-state index < -0.39 is 0 Å². The Labute approximate surface area is 136 Å². The molecule has 0 spiro atoms. The summed E-state index contributed by atoms with van der Waals surface area (Å²) in [6.45, 7) is 5.47. The number of nitrogens with one attached hydrogen (secondary N) is 1. The van der Waals surface area contributed by atoms with Gasteiger partial charge < -0.3 is 19.4 Å². The van der Waals surface area contributed by atoms with E-state index in [0.717, 1.165) is 43.4 Å². The Bertz CT molecular complexity index is 612. The summed E-state index contributed by atoms with van der Waals surface area (Å²) in [5, 5.41) is 1.07. The molecule has 0 atom stereocenters. The lowest BCUT2D eigenvalue weighted by Crippen LogP contribution is -2.41. The van der Waals surface area contributed by atoms with Crippen molar-refractivity contribution in [2.75, 3.05) is 32.9 Å². The molecule has 1 aromatic heterocycles. The number of nitrogens with zero attached hydrogens (tertiary/aromatic N) is 1. The van der Waals surface area contributed by atoms with E-state index >= 15 is 0 Å². The molecular weight excluding hydrogens is 292 g/mol. The second-order valence-electron chi connectivity index (χ2n) is 5.83. The molecular formula is C18H24N2O3. The Hall–Kier alpha value is -1.85. The van der Waals surface area contributed by atoms with Gasteiger partial charge in [-0.15, -0.1) is 0 Å². The lowest BCUT2D eigenvalue weighted by Gasteiger charge is -2.31. The maximum atomic E-state index is 12.6. The van der Waals surface area contributed by atoms with Gasteiger partial charge in [0, 0.05) is 30.6 Å². The molecule has 5 heteroatoms. The highest BCUT2D eigenvalue weighted by Gasteiger charge is 2.24. The molecule has 1 saturated heterocycles. The fourth-order valence-electron chi connectivity index (χ4n) is 3.00. The maximum Gasteiger partial charge on any atom is 0.270 e. The molecule has 0 bridgehead atoms. The van der Waals surface area contributed by atoms with Gasteiger partial charge in [-0.25, -0.2) is 0 Å². The first-order valence-corrected chi connectivity index (χ1v) is 8.34. The third-order valence-corrected chi connectivity index (χ3v) is 4.27. The second kappa shape index (κ2) is 7.62. The summed E-state index contributed by atoms with van der Waals surface area (Å²) in [7, 11) is 0. The largest absolute Gasteiger partial charge is 0.379 e. The number of para-hydroxylation sites is 1. The number of hydrogen-bond donors (Lipinski definition) is 1. The minimum atomic E-state index is 0.0777. The molecule has 2 heterocycles. The summed E-state index contributed by atoms with van der Waals surface area (Å²) in [4.78, 5) is 17.7. The number of rotatable bonds is 6. The topological polar surface area (TPSA) is 54.6 Å². The number of carbonyl (C=O) groups is 1. The molecule has 0 unspecified atom stereocenters. The predicted octanol–water partition coefficient (Wildman–Crippen LogP) is 2.83. The van der Waals surface area contributed by atoms with Gasteiger partial charge in [0.25, 0.3) is 5.91 Å². The average molecular weight is 316 g/mol. The van der Waals surface area contributed by atoms with Crippen molar-refractivity contribution in [3.05, 3.63) is 36.0 Å². The first kappa shape index (κ1) is 16.0. The van der Waals surface area contributed by atoms with Crippen LogP contribution in [-0.4, -0.2) is 54.8 Å². The molecule has 5 nitrogen and oxygen atoms in total. The van der Waals surface area contributed by atoms with E-state index in [0.29, 0.717) is 18.9 Å². The summed E-state index contributed by atoms with van der Waals surface area (Å²) in [5.74, 6) is 0.0777. The van der Waals surface area contributed by atoms with Crippen molar-refractivity contribution in [1.29, 1.82) is 0 Å². The standard InChI is InChI=1S/C18H24N2O3/c1-2-22-11-12-23-15-7-9-20(10-8-15)18(21)17-13-14-5-3-4-6-16(14)19-17/h3-6,13,15,19H,2,7-12H2,1H3. The Kier molecular flexibility index (Phi) is 5.31. The third-order valence-electron chi connectivity index (χ3n) is 4.27. The summed E-state index contributed by atoms with van der Waals surface area (Å²) in [6, 6.07) is 9.89. The van der Waals surface area contributed by atoms with Gasteiger partial charge in [-0.05, 0) is 31.9 Å². The minimum Gasteiger partial charge on any atom is -0.379 e. The molecule has 1 amide bonds. The van der Waals surface area contributed by atoms with Crippen LogP contribution in [0.4, 0.5) is 0 Å². The number of fused-ring (bicyclic) bond motifs is 1. The van der Waals surface area contributed by atoms with Crippen LogP contribution in [0.3, 0.4) is 0 Å². The van der Waals surface area contributed by atoms with Gasteiger partial charge in [0.1, 0.15) is 5.69 Å². The van der Waals surface area contributed by atoms with Crippen LogP contribution >= 0.6 is 0 Å². The molecule has 23 heavy (non-hydrogen) atoms. The molecule has 0 aliphatic carbocycles. The van der Waals surface area contributed by atoms with E-state index in [4.69, 9.17) is 9.47 Å². The van der Waals surface area contributed by atoms with Crippen LogP contribution < -0.4 is 0 Å². The van der Waals surface area contributed by atoms with E-state index in [1.54, 1.807) is 0 Å². The molecule has 1 fully saturated rings. The number of benzene rings is 1. The lowest BCUT2D eigenvalue weighted by atomic mass is 10.1. The van der Waals surface area contributed by atoms with Gasteiger partial charge >= 0.3 is 0 Å². The van der Waals surface area contributed by atoms with E-state index in [-0.39, 0.29) is 12.0 Å². The molecule has 1 aromatic carbocycles. The zero-order valence-corrected chi connectivity index (χ0v) is 13.6. The van der Waals surface area contributed by atoms with E-state index in [1.165, 1.54) is 0 Å². The van der Waals surface area contributed by atoms with Crippen molar-refractivity contribution >= 4 is 16.8 Å². The van der Waals surface area contributed by atoms with Gasteiger partial charge in [-0.1, -0.05) is 18.2 Å². The normalized spacial score (nSPS) is 16.1. The fraction of sp³-hybridized carbons (Fsp3) is 0.500. The average Bonchev–Trinajstić information content (AvgIpc) is 3.03. The van der Waals surface area contributed by atoms with Crippen LogP contribution in [-0.2, 0) is 9.47 Å². The van der Waals surface area contributed by atoms with Gasteiger partial charge in [0.2, 0.25) is 0 Å². The number of H-pyrrole nitrogens is 1. The molecule has 0 radical (unpaired) electrons. The number of carbonyl (C=O) groups excluding carboxylic acids is 1. The van der Waals surface area contributed by atoms with Gasteiger partial charge in [-0.2, -0.15) is 0 Å². The van der Waals surface area contributed by atoms with E-state index in [2.05, 4.69) is 4.98 Å². The highest BCUT2D eigenvalue weighted by molar-refractivity contribution is 5.98. The fourth-order valence-corrected chi connectivity index (χ4v) is 3.00. The van der Waals surface area contributed by atoms with E-state index in [9.17, 15) is 4.79 Å². The van der Waals surface area contributed by atoms with Crippen LogP contribution in [0, 0.1) is 0 Å². The SMILES string of the molecule is CCOCCOC1CCN(C(=O)c2cc3ccccc3[nH]2)CC1. The number of piperidine rings is 1. The second-order valence-corrected chi connectivity index (χ2v) is 5.83. The quantitative estimate of drug-likeness (QED) is 0.834. The van der Waals surface area contributed by atoms with Crippen molar-refractivity contribution in [3.8, 4) is 0 Å². The molecule has 0 saturated carbocycles. The molecule has 1 N–H and O–H groups in total. The van der Waals surface area contributed by atoms with Crippen LogP contribution in [0.15, 0.2) is 30.3 Å². The number of amides is 1. The number of aromatic nitrogens is 1. The smallest absolute Gasteiger partial charge is 0.270 e. The van der Waals surface area contributed by atoms with Gasteiger partial charge in [0.15, 0.2) is 0 Å². The Morgan fingerprint density at radius 2 is 2.04 bits per heavy atom. The number of ether oxygens (including phenoxy) is 2. The minimum absolute atomic E-state index is 0.0777. The van der Waals surface area contributed by atoms with E-state index in [1.807, 2.05) is 42.2 Å². The summed E-state index contributed by atoms with van der Waals surface area (Å²) < 4.78 is 11.1. The third kappa shape index (κ3) is 3.92. The molecule has 1 aliphatic heterocycles. The zero-order valence-electron chi connectivity index (χ0n) is 13.6. The molecule has 2 aromatic rings. The predicted molar refractivity (Wildman–Crippen MR) is 89.7 cm³/mol. The van der Waals surface area contributed by atoms with Crippen molar-refractivity contribution in [2.24, 2.45) is 0 Å². The highest BCUT2D eigenvalue weighted by Crippen LogP contribution is 2.19. The van der Waals surface area contributed by atoms with Crippen LogP contribution in [0.5, 0.6) is 0 Å². The van der Waals surface area contributed by atoms with Crippen molar-refractivity contribution in [2.45, 2.75) is 25.9 Å². The van der Waals surface area contributed by atoms with Crippen LogP contribution in [0.1, 0.15) is 30.3 Å². The zero-order chi connectivity index (χ0) is 16.1. The van der Waals surface area contributed by atoms with Gasteiger partial charge in [0.05, 0.1) is 19.3 Å². The van der Waals surface area contributed by atoms with Crippen molar-refractivity contribution in [3.63, 3.8) is 0 Å². The lowest BCUT2D eigenvalue weighted by molar-refractivity contribution is -0.0183. The number of hydrogen-bond acceptors (Lipinski definition) is 3. The first-order chi connectivity index (χ1) is 11.3. The van der Waals surface area contributed by atoms with Gasteiger partial charge in [-0.3, -0.25) is 4.79 Å². The monoisotopic (exact) mass is 316 g/mol. The Morgan fingerprint density at radius 1 is 1.26 bits per heavy atom. The molecule has 124 valence electrons.